The summed E-state index contributed by atoms with van der Waals surface area (Å²) in [7, 11) is 1.65. The van der Waals surface area contributed by atoms with Crippen molar-refractivity contribution in [3.63, 3.8) is 0 Å². The molecule has 26 heavy (non-hydrogen) atoms. The summed E-state index contributed by atoms with van der Waals surface area (Å²) in [6.45, 7) is 6.91. The van der Waals surface area contributed by atoms with E-state index >= 15 is 0 Å². The van der Waals surface area contributed by atoms with Crippen LogP contribution in [0.1, 0.15) is 10.6 Å². The third-order valence-electron chi connectivity index (χ3n) is 4.41. The predicted molar refractivity (Wildman–Crippen MR) is 103 cm³/mol. The molecule has 1 saturated heterocycles. The number of aromatic nitrogens is 1. The van der Waals surface area contributed by atoms with Gasteiger partial charge in [0.05, 0.1) is 38.0 Å². The van der Waals surface area contributed by atoms with Gasteiger partial charge in [0.15, 0.2) is 0 Å². The van der Waals surface area contributed by atoms with Crippen molar-refractivity contribution in [1.29, 1.82) is 0 Å². The lowest BCUT2D eigenvalue weighted by atomic mass is 10.2. The van der Waals surface area contributed by atoms with E-state index in [0.29, 0.717) is 13.0 Å². The van der Waals surface area contributed by atoms with Crippen molar-refractivity contribution in [2.24, 2.45) is 0 Å². The highest BCUT2D eigenvalue weighted by Gasteiger charge is 2.16. The first-order valence-corrected chi connectivity index (χ1v) is 9.65. The Balaban J connectivity index is 1.56. The molecular weight excluding hydrogens is 350 g/mol. The summed E-state index contributed by atoms with van der Waals surface area (Å²) in [6, 6.07) is 7.81. The molecule has 140 valence electrons. The van der Waals surface area contributed by atoms with E-state index in [4.69, 9.17) is 9.47 Å². The highest BCUT2D eigenvalue weighted by atomic mass is 32.1. The van der Waals surface area contributed by atoms with Gasteiger partial charge < -0.3 is 14.8 Å². The number of amides is 1. The van der Waals surface area contributed by atoms with Crippen LogP contribution in [0.4, 0.5) is 0 Å². The number of thiazole rings is 1. The Morgan fingerprint density at radius 1 is 1.35 bits per heavy atom. The standard InChI is InChI=1S/C19H25N3O3S/c1-14-17(13-18(23)20-7-8-22-9-11-25-12-10-22)26-19(21-14)15-5-3-4-6-16(15)24-2/h3-6H,7-13H2,1-2H3,(H,20,23). The molecule has 1 aliphatic rings. The number of rotatable bonds is 7. The maximum atomic E-state index is 12.3. The fourth-order valence-corrected chi connectivity index (χ4v) is 4.01. The smallest absolute Gasteiger partial charge is 0.225 e. The van der Waals surface area contributed by atoms with E-state index in [0.717, 1.165) is 59.7 Å². The average Bonchev–Trinajstić information content (AvgIpc) is 3.03. The minimum Gasteiger partial charge on any atom is -0.496 e. The number of ether oxygens (including phenoxy) is 2. The Kier molecular flexibility index (Phi) is 6.60. The monoisotopic (exact) mass is 375 g/mol. The maximum Gasteiger partial charge on any atom is 0.225 e. The first-order chi connectivity index (χ1) is 12.7. The van der Waals surface area contributed by atoms with Crippen molar-refractivity contribution in [3.8, 4) is 16.3 Å². The molecule has 0 unspecified atom stereocenters. The Morgan fingerprint density at radius 3 is 2.88 bits per heavy atom. The van der Waals surface area contributed by atoms with Gasteiger partial charge in [0.1, 0.15) is 10.8 Å². The zero-order valence-corrected chi connectivity index (χ0v) is 16.1. The molecule has 0 radical (unpaired) electrons. The molecular formula is C19H25N3O3S. The number of para-hydroxylation sites is 1. The number of nitrogens with one attached hydrogen (secondary N) is 1. The van der Waals surface area contributed by atoms with Gasteiger partial charge >= 0.3 is 0 Å². The predicted octanol–water partition coefficient (Wildman–Crippen LogP) is 2.12. The van der Waals surface area contributed by atoms with E-state index in [9.17, 15) is 4.79 Å². The van der Waals surface area contributed by atoms with Crippen LogP contribution in [0.25, 0.3) is 10.6 Å². The Labute approximate surface area is 158 Å². The molecule has 1 aromatic heterocycles. The summed E-state index contributed by atoms with van der Waals surface area (Å²) in [6.07, 6.45) is 0.363. The van der Waals surface area contributed by atoms with Gasteiger partial charge in [0.25, 0.3) is 0 Å². The second-order valence-corrected chi connectivity index (χ2v) is 7.29. The number of morpholine rings is 1. The Hall–Kier alpha value is -1.96. The van der Waals surface area contributed by atoms with Crippen LogP contribution >= 0.6 is 11.3 Å². The molecule has 1 aliphatic heterocycles. The summed E-state index contributed by atoms with van der Waals surface area (Å²) in [4.78, 5) is 20.2. The molecule has 0 saturated carbocycles. The maximum absolute atomic E-state index is 12.3. The molecule has 6 nitrogen and oxygen atoms in total. The molecule has 7 heteroatoms. The second kappa shape index (κ2) is 9.12. The first-order valence-electron chi connectivity index (χ1n) is 8.84. The van der Waals surface area contributed by atoms with Crippen molar-refractivity contribution in [1.82, 2.24) is 15.2 Å². The third kappa shape index (κ3) is 4.81. The number of methoxy groups -OCH3 is 1. The van der Waals surface area contributed by atoms with E-state index in [-0.39, 0.29) is 5.91 Å². The summed E-state index contributed by atoms with van der Waals surface area (Å²) in [5.41, 5.74) is 1.86. The number of aryl methyl sites for hydroxylation is 1. The van der Waals surface area contributed by atoms with Crippen molar-refractivity contribution in [2.75, 3.05) is 46.5 Å². The van der Waals surface area contributed by atoms with E-state index in [1.807, 2.05) is 31.2 Å². The van der Waals surface area contributed by atoms with Gasteiger partial charge in [-0.25, -0.2) is 4.98 Å². The van der Waals surface area contributed by atoms with Crippen LogP contribution < -0.4 is 10.1 Å². The van der Waals surface area contributed by atoms with Gasteiger partial charge in [-0.3, -0.25) is 9.69 Å². The fourth-order valence-electron chi connectivity index (χ4n) is 2.92. The molecule has 0 aliphatic carbocycles. The molecule has 0 spiro atoms. The minimum atomic E-state index is 0.0385. The quantitative estimate of drug-likeness (QED) is 0.803. The molecule has 0 bridgehead atoms. The lowest BCUT2D eigenvalue weighted by Crippen LogP contribution is -2.41. The number of carbonyl (C=O) groups excluding carboxylic acids is 1. The summed E-state index contributed by atoms with van der Waals surface area (Å²) in [5.74, 6) is 0.833. The zero-order chi connectivity index (χ0) is 18.4. The van der Waals surface area contributed by atoms with Crippen molar-refractivity contribution in [2.45, 2.75) is 13.3 Å². The lowest BCUT2D eigenvalue weighted by molar-refractivity contribution is -0.120. The van der Waals surface area contributed by atoms with Crippen molar-refractivity contribution >= 4 is 17.2 Å². The highest BCUT2D eigenvalue weighted by Crippen LogP contribution is 2.34. The van der Waals surface area contributed by atoms with Gasteiger partial charge in [-0.05, 0) is 19.1 Å². The summed E-state index contributed by atoms with van der Waals surface area (Å²) in [5, 5.41) is 3.90. The molecule has 0 atom stereocenters. The number of carbonyl (C=O) groups is 1. The topological polar surface area (TPSA) is 63.7 Å². The van der Waals surface area contributed by atoms with E-state index in [2.05, 4.69) is 15.2 Å². The number of hydrogen-bond donors (Lipinski definition) is 1. The van der Waals surface area contributed by atoms with Crippen molar-refractivity contribution in [3.05, 3.63) is 34.8 Å². The molecule has 2 aromatic rings. The fraction of sp³-hybridized carbons (Fsp3) is 0.474. The highest BCUT2D eigenvalue weighted by molar-refractivity contribution is 7.15. The summed E-state index contributed by atoms with van der Waals surface area (Å²) >= 11 is 1.55. The van der Waals surface area contributed by atoms with Gasteiger partial charge in [-0.1, -0.05) is 12.1 Å². The van der Waals surface area contributed by atoms with Crippen molar-refractivity contribution < 1.29 is 14.3 Å². The average molecular weight is 375 g/mol. The van der Waals surface area contributed by atoms with Gasteiger partial charge in [0.2, 0.25) is 5.91 Å². The van der Waals surface area contributed by atoms with Crippen LogP contribution in [-0.4, -0.2) is 62.3 Å². The first kappa shape index (κ1) is 18.8. The van der Waals surface area contributed by atoms with E-state index in [1.165, 1.54) is 0 Å². The van der Waals surface area contributed by atoms with Gasteiger partial charge in [0, 0.05) is 31.1 Å². The SMILES string of the molecule is COc1ccccc1-c1nc(C)c(CC(=O)NCCN2CCOCC2)s1. The minimum absolute atomic E-state index is 0.0385. The lowest BCUT2D eigenvalue weighted by Gasteiger charge is -2.26. The van der Waals surface area contributed by atoms with E-state index in [1.54, 1.807) is 18.4 Å². The molecule has 3 rings (SSSR count). The van der Waals surface area contributed by atoms with Crippen LogP contribution in [0.15, 0.2) is 24.3 Å². The van der Waals surface area contributed by atoms with Gasteiger partial charge in [-0.2, -0.15) is 0 Å². The zero-order valence-electron chi connectivity index (χ0n) is 15.3. The molecule has 1 N–H and O–H groups in total. The third-order valence-corrected chi connectivity index (χ3v) is 5.60. The molecule has 1 aromatic carbocycles. The Bertz CT molecular complexity index is 741. The van der Waals surface area contributed by atoms with Crippen LogP contribution in [-0.2, 0) is 16.0 Å². The van der Waals surface area contributed by atoms with Crippen LogP contribution in [0, 0.1) is 6.92 Å². The Morgan fingerprint density at radius 2 is 2.12 bits per heavy atom. The molecule has 1 fully saturated rings. The largest absolute Gasteiger partial charge is 0.496 e. The molecule has 2 heterocycles. The second-order valence-electron chi connectivity index (χ2n) is 6.21. The van der Waals surface area contributed by atoms with Crippen LogP contribution in [0.3, 0.4) is 0 Å². The number of nitrogens with zero attached hydrogens (tertiary/aromatic N) is 2. The summed E-state index contributed by atoms with van der Waals surface area (Å²) < 4.78 is 10.7. The van der Waals surface area contributed by atoms with E-state index < -0.39 is 0 Å². The normalized spacial score (nSPS) is 15.0. The van der Waals surface area contributed by atoms with Gasteiger partial charge in [-0.15, -0.1) is 11.3 Å². The number of hydrogen-bond acceptors (Lipinski definition) is 6. The van der Waals surface area contributed by atoms with Crippen LogP contribution in [0.5, 0.6) is 5.75 Å². The van der Waals surface area contributed by atoms with Crippen LogP contribution in [0.2, 0.25) is 0 Å². The molecule has 1 amide bonds. The number of benzene rings is 1.